The van der Waals surface area contributed by atoms with E-state index in [0.717, 1.165) is 5.56 Å². The third-order valence-electron chi connectivity index (χ3n) is 3.48. The Labute approximate surface area is 147 Å². The quantitative estimate of drug-likeness (QED) is 0.600. The van der Waals surface area contributed by atoms with Crippen molar-refractivity contribution in [1.82, 2.24) is 15.1 Å². The molecule has 0 saturated carbocycles. The zero-order valence-corrected chi connectivity index (χ0v) is 13.7. The molecule has 2 aromatic heterocycles. The number of nitrogens with one attached hydrogen (secondary N) is 1. The Bertz CT molecular complexity index is 997. The lowest BCUT2D eigenvalue weighted by Gasteiger charge is -2.02. The van der Waals surface area contributed by atoms with Crippen LogP contribution in [0, 0.1) is 0 Å². The molecule has 0 fully saturated rings. The fourth-order valence-corrected chi connectivity index (χ4v) is 2.82. The second-order valence-electron chi connectivity index (χ2n) is 5.16. The van der Waals surface area contributed by atoms with Crippen molar-refractivity contribution >= 4 is 22.4 Å². The first kappa shape index (κ1) is 15.2. The summed E-state index contributed by atoms with van der Waals surface area (Å²) < 4.78 is 5.34. The van der Waals surface area contributed by atoms with E-state index < -0.39 is 0 Å². The molecule has 4 rings (SSSR count). The van der Waals surface area contributed by atoms with Crippen LogP contribution in [-0.4, -0.2) is 21.0 Å². The minimum atomic E-state index is -0.236. The summed E-state index contributed by atoms with van der Waals surface area (Å²) in [7, 11) is 0. The Kier molecular flexibility index (Phi) is 4.05. The van der Waals surface area contributed by atoms with E-state index in [2.05, 4.69) is 20.4 Å². The number of carbonyl (C=O) groups is 1. The fourth-order valence-electron chi connectivity index (χ4n) is 2.29. The molecule has 4 aromatic rings. The summed E-state index contributed by atoms with van der Waals surface area (Å²) >= 11 is 1.36. The van der Waals surface area contributed by atoms with E-state index in [9.17, 15) is 4.79 Å². The summed E-state index contributed by atoms with van der Waals surface area (Å²) in [4.78, 5) is 20.8. The van der Waals surface area contributed by atoms with Crippen molar-refractivity contribution in [2.45, 2.75) is 0 Å². The maximum absolute atomic E-state index is 12.3. The number of carbonyl (C=O) groups excluding carboxylic acids is 1. The number of anilines is 1. The van der Waals surface area contributed by atoms with Gasteiger partial charge < -0.3 is 4.52 Å². The molecule has 7 heteroatoms. The van der Waals surface area contributed by atoms with Gasteiger partial charge in [-0.3, -0.25) is 10.1 Å². The average molecular weight is 348 g/mol. The Morgan fingerprint density at radius 3 is 2.68 bits per heavy atom. The van der Waals surface area contributed by atoms with Crippen molar-refractivity contribution in [2.24, 2.45) is 0 Å². The minimum Gasteiger partial charge on any atom is -0.334 e. The van der Waals surface area contributed by atoms with Crippen LogP contribution in [-0.2, 0) is 0 Å². The third kappa shape index (κ3) is 3.31. The summed E-state index contributed by atoms with van der Waals surface area (Å²) in [6, 6.07) is 16.6. The Balaban J connectivity index is 1.59. The van der Waals surface area contributed by atoms with Crippen molar-refractivity contribution in [2.75, 3.05) is 5.32 Å². The monoisotopic (exact) mass is 348 g/mol. The topological polar surface area (TPSA) is 80.9 Å². The standard InChI is InChI=1S/C18H12N4O2S/c23-16(21-18-19-9-10-25-18)13-7-4-8-14(11-13)17-20-15(22-24-17)12-5-2-1-3-6-12/h1-11H,(H,19,21,23). The number of hydrogen-bond acceptors (Lipinski definition) is 6. The van der Waals surface area contributed by atoms with Crippen LogP contribution in [0.5, 0.6) is 0 Å². The second-order valence-corrected chi connectivity index (χ2v) is 6.06. The van der Waals surface area contributed by atoms with Crippen LogP contribution in [0.3, 0.4) is 0 Å². The Morgan fingerprint density at radius 2 is 1.88 bits per heavy atom. The van der Waals surface area contributed by atoms with E-state index in [4.69, 9.17) is 4.52 Å². The van der Waals surface area contributed by atoms with E-state index in [1.165, 1.54) is 11.3 Å². The van der Waals surface area contributed by atoms with Gasteiger partial charge in [-0.15, -0.1) is 11.3 Å². The molecule has 1 N–H and O–H groups in total. The van der Waals surface area contributed by atoms with Gasteiger partial charge in [-0.2, -0.15) is 4.98 Å². The van der Waals surface area contributed by atoms with Crippen molar-refractivity contribution in [3.8, 4) is 22.8 Å². The summed E-state index contributed by atoms with van der Waals surface area (Å²) in [5.41, 5.74) is 2.05. The summed E-state index contributed by atoms with van der Waals surface area (Å²) in [5, 5.41) is 9.11. The normalized spacial score (nSPS) is 10.6. The smallest absolute Gasteiger partial charge is 0.258 e. The highest BCUT2D eigenvalue weighted by molar-refractivity contribution is 7.13. The first-order valence-corrected chi connectivity index (χ1v) is 8.38. The molecular weight excluding hydrogens is 336 g/mol. The molecule has 0 unspecified atom stereocenters. The van der Waals surface area contributed by atoms with Gasteiger partial charge in [0.15, 0.2) is 5.13 Å². The van der Waals surface area contributed by atoms with E-state index >= 15 is 0 Å². The zero-order chi connectivity index (χ0) is 17.1. The van der Waals surface area contributed by atoms with Gasteiger partial charge in [0.05, 0.1) is 0 Å². The minimum absolute atomic E-state index is 0.236. The predicted octanol–water partition coefficient (Wildman–Crippen LogP) is 4.11. The van der Waals surface area contributed by atoms with Crippen LogP contribution in [0.15, 0.2) is 70.7 Å². The molecule has 122 valence electrons. The number of rotatable bonds is 4. The van der Waals surface area contributed by atoms with Gasteiger partial charge in [-0.25, -0.2) is 4.98 Å². The number of hydrogen-bond donors (Lipinski definition) is 1. The highest BCUT2D eigenvalue weighted by Gasteiger charge is 2.13. The summed E-state index contributed by atoms with van der Waals surface area (Å²) in [6.07, 6.45) is 1.64. The molecular formula is C18H12N4O2S. The largest absolute Gasteiger partial charge is 0.334 e. The second kappa shape index (κ2) is 6.66. The highest BCUT2D eigenvalue weighted by atomic mass is 32.1. The maximum Gasteiger partial charge on any atom is 0.258 e. The summed E-state index contributed by atoms with van der Waals surface area (Å²) in [5.74, 6) is 0.635. The predicted molar refractivity (Wildman–Crippen MR) is 95.2 cm³/mol. The molecule has 2 aromatic carbocycles. The van der Waals surface area contributed by atoms with Crippen LogP contribution in [0.1, 0.15) is 10.4 Å². The van der Waals surface area contributed by atoms with E-state index in [0.29, 0.717) is 28.0 Å². The van der Waals surface area contributed by atoms with Crippen LogP contribution < -0.4 is 5.32 Å². The molecule has 0 aliphatic heterocycles. The van der Waals surface area contributed by atoms with Crippen molar-refractivity contribution in [3.63, 3.8) is 0 Å². The first-order chi connectivity index (χ1) is 12.3. The lowest BCUT2D eigenvalue weighted by molar-refractivity contribution is 0.102. The van der Waals surface area contributed by atoms with E-state index in [1.54, 1.807) is 29.8 Å². The molecule has 0 spiro atoms. The molecule has 0 aliphatic rings. The maximum atomic E-state index is 12.3. The first-order valence-electron chi connectivity index (χ1n) is 7.50. The van der Waals surface area contributed by atoms with Crippen LogP contribution in [0.25, 0.3) is 22.8 Å². The Morgan fingerprint density at radius 1 is 1.04 bits per heavy atom. The van der Waals surface area contributed by atoms with Crippen LogP contribution in [0.4, 0.5) is 5.13 Å². The van der Waals surface area contributed by atoms with Crippen molar-refractivity contribution in [1.29, 1.82) is 0 Å². The Hall–Kier alpha value is -3.32. The van der Waals surface area contributed by atoms with Gasteiger partial charge >= 0.3 is 0 Å². The molecule has 25 heavy (non-hydrogen) atoms. The average Bonchev–Trinajstić information content (AvgIpc) is 3.34. The molecule has 0 atom stereocenters. The summed E-state index contributed by atoms with van der Waals surface area (Å²) in [6.45, 7) is 0. The van der Waals surface area contributed by atoms with E-state index in [1.807, 2.05) is 36.4 Å². The zero-order valence-electron chi connectivity index (χ0n) is 12.9. The lowest BCUT2D eigenvalue weighted by atomic mass is 10.1. The lowest BCUT2D eigenvalue weighted by Crippen LogP contribution is -2.11. The number of thiazole rings is 1. The fraction of sp³-hybridized carbons (Fsp3) is 0. The number of nitrogens with zero attached hydrogens (tertiary/aromatic N) is 3. The molecule has 0 bridgehead atoms. The van der Waals surface area contributed by atoms with Crippen molar-refractivity contribution < 1.29 is 9.32 Å². The van der Waals surface area contributed by atoms with Crippen molar-refractivity contribution in [3.05, 3.63) is 71.7 Å². The van der Waals surface area contributed by atoms with Gasteiger partial charge in [-0.05, 0) is 18.2 Å². The van der Waals surface area contributed by atoms with Crippen LogP contribution >= 0.6 is 11.3 Å². The SMILES string of the molecule is O=C(Nc1nccs1)c1cccc(-c2nc(-c3ccccc3)no2)c1. The van der Waals surface area contributed by atoms with Gasteiger partial charge in [0.25, 0.3) is 11.8 Å². The van der Waals surface area contributed by atoms with Gasteiger partial charge in [0.1, 0.15) is 0 Å². The molecule has 0 saturated heterocycles. The van der Waals surface area contributed by atoms with Gasteiger partial charge in [-0.1, -0.05) is 41.6 Å². The molecule has 1 amide bonds. The molecule has 0 aliphatic carbocycles. The number of aromatic nitrogens is 3. The van der Waals surface area contributed by atoms with Gasteiger partial charge in [0.2, 0.25) is 5.82 Å². The number of amides is 1. The molecule has 6 nitrogen and oxygen atoms in total. The van der Waals surface area contributed by atoms with E-state index in [-0.39, 0.29) is 5.91 Å². The van der Waals surface area contributed by atoms with Crippen LogP contribution in [0.2, 0.25) is 0 Å². The molecule has 2 heterocycles. The highest BCUT2D eigenvalue weighted by Crippen LogP contribution is 2.23. The van der Waals surface area contributed by atoms with Gasteiger partial charge in [0, 0.05) is 28.3 Å². The molecule has 0 radical (unpaired) electrons. The third-order valence-corrected chi connectivity index (χ3v) is 4.17. The number of benzene rings is 2.